The highest BCUT2D eigenvalue weighted by Crippen LogP contribution is 2.35. The molecule has 0 atom stereocenters. The summed E-state index contributed by atoms with van der Waals surface area (Å²) in [6, 6.07) is 10.7. The average molecular weight is 467 g/mol. The van der Waals surface area contributed by atoms with Crippen LogP contribution in [0.3, 0.4) is 0 Å². The van der Waals surface area contributed by atoms with Gasteiger partial charge in [0.05, 0.1) is 28.6 Å². The van der Waals surface area contributed by atoms with Crippen LogP contribution in [0.5, 0.6) is 0 Å². The van der Waals surface area contributed by atoms with Gasteiger partial charge in [-0.25, -0.2) is 4.98 Å². The summed E-state index contributed by atoms with van der Waals surface area (Å²) in [5.41, 5.74) is 8.33. The maximum Gasteiger partial charge on any atom is 0.135 e. The first-order chi connectivity index (χ1) is 16.6. The monoisotopic (exact) mass is 466 g/mol. The molecule has 0 aliphatic rings. The molecular formula is C27H26N6S. The summed E-state index contributed by atoms with van der Waals surface area (Å²) in [6.45, 7) is 10.2. The van der Waals surface area contributed by atoms with E-state index in [9.17, 15) is 0 Å². The minimum Gasteiger partial charge on any atom is -0.383 e. The zero-order chi connectivity index (χ0) is 23.7. The predicted molar refractivity (Wildman–Crippen MR) is 142 cm³/mol. The van der Waals surface area contributed by atoms with Crippen LogP contribution in [0, 0.1) is 0 Å². The molecule has 0 radical (unpaired) electrons. The molecule has 0 aromatic carbocycles. The van der Waals surface area contributed by atoms with Gasteiger partial charge in [0.2, 0.25) is 0 Å². The van der Waals surface area contributed by atoms with Gasteiger partial charge in [-0.2, -0.15) is 5.10 Å². The number of aromatic nitrogens is 5. The van der Waals surface area contributed by atoms with E-state index >= 15 is 0 Å². The van der Waals surface area contributed by atoms with Gasteiger partial charge >= 0.3 is 0 Å². The van der Waals surface area contributed by atoms with Crippen LogP contribution < -0.4 is 5.32 Å². The van der Waals surface area contributed by atoms with Gasteiger partial charge in [-0.05, 0) is 68.1 Å². The Labute approximate surface area is 202 Å². The highest BCUT2D eigenvalue weighted by Gasteiger charge is 2.16. The third-order valence-corrected chi connectivity index (χ3v) is 6.49. The lowest BCUT2D eigenvalue weighted by Crippen LogP contribution is -2.20. The van der Waals surface area contributed by atoms with E-state index in [1.807, 2.05) is 37.5 Å². The molecule has 0 aliphatic heterocycles. The zero-order valence-corrected chi connectivity index (χ0v) is 20.2. The fourth-order valence-electron chi connectivity index (χ4n) is 4.02. The van der Waals surface area contributed by atoms with Gasteiger partial charge in [-0.1, -0.05) is 18.7 Å². The fourth-order valence-corrected chi connectivity index (χ4v) is 4.77. The summed E-state index contributed by atoms with van der Waals surface area (Å²) in [5, 5.41) is 14.3. The Morgan fingerprint density at radius 3 is 2.79 bits per heavy atom. The lowest BCUT2D eigenvalue weighted by molar-refractivity contribution is 0.682. The molecule has 0 amide bonds. The second kappa shape index (κ2) is 9.11. The highest BCUT2D eigenvalue weighted by molar-refractivity contribution is 7.13. The summed E-state index contributed by atoms with van der Waals surface area (Å²) in [5.74, 6) is 0. The highest BCUT2D eigenvalue weighted by atomic mass is 32.1. The van der Waals surface area contributed by atoms with Crippen molar-refractivity contribution in [1.29, 1.82) is 0 Å². The third kappa shape index (κ3) is 4.06. The molecule has 5 heterocycles. The number of nitrogens with zero attached hydrogens (tertiary/aromatic N) is 3. The molecule has 0 saturated carbocycles. The van der Waals surface area contributed by atoms with E-state index in [0.717, 1.165) is 55.9 Å². The first kappa shape index (κ1) is 21.9. The number of hydrogen-bond acceptors (Lipinski definition) is 5. The molecular weight excluding hydrogens is 440 g/mol. The van der Waals surface area contributed by atoms with E-state index in [4.69, 9.17) is 4.98 Å². The van der Waals surface area contributed by atoms with Crippen molar-refractivity contribution in [2.75, 3.05) is 0 Å². The van der Waals surface area contributed by atoms with E-state index in [-0.39, 0.29) is 0 Å². The van der Waals surface area contributed by atoms with Crippen LogP contribution in [-0.2, 0) is 0 Å². The Morgan fingerprint density at radius 1 is 1.18 bits per heavy atom. The van der Waals surface area contributed by atoms with E-state index in [1.165, 1.54) is 4.88 Å². The molecule has 6 nitrogen and oxygen atoms in total. The molecule has 7 heteroatoms. The Morgan fingerprint density at radius 2 is 2.06 bits per heavy atom. The first-order valence-corrected chi connectivity index (χ1v) is 12.1. The van der Waals surface area contributed by atoms with Gasteiger partial charge < -0.3 is 10.3 Å². The number of aromatic amines is 2. The number of thiophene rings is 1. The SMILES string of the molecule is C=C/C(=C\C(=C/C)c1ccc2[nH]nc(-c3cc4c(-c5cccs5)cncc4[nH]3)c2n1)NC(C)C. The quantitative estimate of drug-likeness (QED) is 0.233. The van der Waals surface area contributed by atoms with Crippen LogP contribution >= 0.6 is 11.3 Å². The van der Waals surface area contributed by atoms with Gasteiger partial charge in [0.15, 0.2) is 0 Å². The van der Waals surface area contributed by atoms with E-state index in [2.05, 4.69) is 81.6 Å². The lowest BCUT2D eigenvalue weighted by atomic mass is 10.1. The molecule has 0 bridgehead atoms. The molecule has 0 fully saturated rings. The Balaban J connectivity index is 1.59. The second-order valence-corrected chi connectivity index (χ2v) is 9.27. The minimum atomic E-state index is 0.314. The smallest absolute Gasteiger partial charge is 0.135 e. The van der Waals surface area contributed by atoms with Crippen LogP contribution in [0.15, 0.2) is 78.6 Å². The molecule has 0 unspecified atom stereocenters. The Hall–Kier alpha value is -3.97. The molecule has 0 saturated heterocycles. The first-order valence-electron chi connectivity index (χ1n) is 11.2. The number of nitrogens with one attached hydrogen (secondary N) is 3. The number of pyridine rings is 2. The molecule has 34 heavy (non-hydrogen) atoms. The topological polar surface area (TPSA) is 82.3 Å². The number of fused-ring (bicyclic) bond motifs is 2. The fraction of sp³-hybridized carbons (Fsp3) is 0.148. The van der Waals surface area contributed by atoms with Gasteiger partial charge in [-0.3, -0.25) is 10.1 Å². The summed E-state index contributed by atoms with van der Waals surface area (Å²) in [7, 11) is 0. The lowest BCUT2D eigenvalue weighted by Gasteiger charge is -2.12. The van der Waals surface area contributed by atoms with Crippen molar-refractivity contribution in [3.05, 3.63) is 84.3 Å². The third-order valence-electron chi connectivity index (χ3n) is 5.59. The van der Waals surface area contributed by atoms with E-state index in [0.29, 0.717) is 6.04 Å². The van der Waals surface area contributed by atoms with E-state index < -0.39 is 0 Å². The van der Waals surface area contributed by atoms with Crippen molar-refractivity contribution in [3.8, 4) is 21.8 Å². The Bertz CT molecular complexity index is 1530. The van der Waals surface area contributed by atoms with Crippen LogP contribution in [-0.4, -0.2) is 31.2 Å². The number of allylic oxidation sites excluding steroid dienone is 4. The molecule has 170 valence electrons. The summed E-state index contributed by atoms with van der Waals surface area (Å²) in [6.07, 6.45) is 9.72. The van der Waals surface area contributed by atoms with Crippen molar-refractivity contribution in [3.63, 3.8) is 0 Å². The maximum atomic E-state index is 4.99. The molecule has 0 spiro atoms. The van der Waals surface area contributed by atoms with Crippen molar-refractivity contribution < 1.29 is 0 Å². The average Bonchev–Trinajstić information content (AvgIpc) is 3.59. The van der Waals surface area contributed by atoms with Gasteiger partial charge in [0.25, 0.3) is 0 Å². The number of H-pyrrole nitrogens is 2. The van der Waals surface area contributed by atoms with Crippen molar-refractivity contribution in [1.82, 2.24) is 30.5 Å². The minimum absolute atomic E-state index is 0.314. The molecule has 0 aliphatic carbocycles. The number of rotatable bonds is 7. The van der Waals surface area contributed by atoms with Crippen LogP contribution in [0.1, 0.15) is 26.5 Å². The van der Waals surface area contributed by atoms with Crippen LogP contribution in [0.4, 0.5) is 0 Å². The van der Waals surface area contributed by atoms with Crippen molar-refractivity contribution >= 4 is 38.8 Å². The summed E-state index contributed by atoms with van der Waals surface area (Å²) >= 11 is 1.71. The molecule has 5 rings (SSSR count). The van der Waals surface area contributed by atoms with Gasteiger partial charge in [0, 0.05) is 33.8 Å². The zero-order valence-electron chi connectivity index (χ0n) is 19.4. The maximum absolute atomic E-state index is 4.99. The van der Waals surface area contributed by atoms with E-state index in [1.54, 1.807) is 11.3 Å². The summed E-state index contributed by atoms with van der Waals surface area (Å²) < 4.78 is 0. The largest absolute Gasteiger partial charge is 0.383 e. The standard InChI is InChI=1S/C27H26N6S/c1-5-17(12-18(6-2)29-16(3)4)21-9-10-22-26(31-21)27(33-32-22)23-13-19-20(25-8-7-11-34-25)14-28-15-24(19)30-23/h5-16,29-30H,2H2,1,3-4H3,(H,32,33)/b17-5+,18-12+. The predicted octanol–water partition coefficient (Wildman–Crippen LogP) is 6.70. The van der Waals surface area contributed by atoms with Crippen molar-refractivity contribution in [2.24, 2.45) is 0 Å². The van der Waals surface area contributed by atoms with Gasteiger partial charge in [0.1, 0.15) is 11.2 Å². The van der Waals surface area contributed by atoms with Gasteiger partial charge in [-0.15, -0.1) is 11.3 Å². The normalized spacial score (nSPS) is 12.7. The molecule has 3 N–H and O–H groups in total. The Kier molecular flexibility index (Phi) is 5.86. The molecule has 5 aromatic rings. The number of hydrogen-bond donors (Lipinski definition) is 3. The van der Waals surface area contributed by atoms with Crippen LogP contribution in [0.25, 0.3) is 49.3 Å². The molecule has 5 aromatic heterocycles. The second-order valence-electron chi connectivity index (χ2n) is 8.32. The van der Waals surface area contributed by atoms with Crippen LogP contribution in [0.2, 0.25) is 0 Å². The summed E-state index contributed by atoms with van der Waals surface area (Å²) in [4.78, 5) is 14.1. The van der Waals surface area contributed by atoms with Crippen molar-refractivity contribution in [2.45, 2.75) is 26.8 Å².